The number of benzene rings is 3. The summed E-state index contributed by atoms with van der Waals surface area (Å²) in [5.41, 5.74) is 3.31. The first-order valence-electron chi connectivity index (χ1n) is 12.8. The van der Waals surface area contributed by atoms with E-state index in [1.165, 1.54) is 0 Å². The van der Waals surface area contributed by atoms with Crippen molar-refractivity contribution in [1.82, 2.24) is 10.2 Å². The number of hydrogen-bond acceptors (Lipinski definition) is 5. The number of ether oxygens (including phenoxy) is 3. The van der Waals surface area contributed by atoms with Gasteiger partial charge in [0.15, 0.2) is 11.5 Å². The zero-order valence-electron chi connectivity index (χ0n) is 22.7. The Labute approximate surface area is 224 Å². The fourth-order valence-electron chi connectivity index (χ4n) is 4.88. The van der Waals surface area contributed by atoms with Crippen molar-refractivity contribution in [2.75, 3.05) is 20.8 Å². The van der Waals surface area contributed by atoms with Crippen molar-refractivity contribution in [3.63, 3.8) is 0 Å². The van der Waals surface area contributed by atoms with Crippen molar-refractivity contribution in [3.8, 4) is 11.5 Å². The molecule has 2 atom stereocenters. The predicted octanol–water partition coefficient (Wildman–Crippen LogP) is 5.31. The summed E-state index contributed by atoms with van der Waals surface area (Å²) >= 11 is 0. The summed E-state index contributed by atoms with van der Waals surface area (Å²) in [5, 5.41) is 2.86. The minimum atomic E-state index is -0.805. The Bertz CT molecular complexity index is 1250. The van der Waals surface area contributed by atoms with Crippen molar-refractivity contribution in [3.05, 3.63) is 95.1 Å². The van der Waals surface area contributed by atoms with Gasteiger partial charge in [0.2, 0.25) is 5.91 Å². The van der Waals surface area contributed by atoms with Gasteiger partial charge in [-0.15, -0.1) is 0 Å². The number of carbonyl (C=O) groups is 2. The van der Waals surface area contributed by atoms with Crippen molar-refractivity contribution in [2.24, 2.45) is 0 Å². The van der Waals surface area contributed by atoms with Gasteiger partial charge in [0.1, 0.15) is 11.6 Å². The number of hydrogen-bond donors (Lipinski definition) is 1. The minimum absolute atomic E-state index is 0.172. The van der Waals surface area contributed by atoms with Gasteiger partial charge in [0.05, 0.1) is 20.3 Å². The van der Waals surface area contributed by atoms with Crippen LogP contribution in [0.4, 0.5) is 4.79 Å². The molecule has 2 amide bonds. The number of rotatable bonds is 7. The van der Waals surface area contributed by atoms with E-state index in [4.69, 9.17) is 14.2 Å². The van der Waals surface area contributed by atoms with Gasteiger partial charge >= 0.3 is 6.09 Å². The quantitative estimate of drug-likeness (QED) is 0.460. The lowest BCUT2D eigenvalue weighted by molar-refractivity contribution is -0.135. The SMILES string of the molecule is COc1cc2c(cc1OC)C(c1ccccc1)N(C(=O)[C@H](Cc1ccccc1)NC(=O)OC(C)(C)C)CC2. The number of nitrogens with zero attached hydrogens (tertiary/aromatic N) is 1. The Morgan fingerprint density at radius 3 is 2.16 bits per heavy atom. The third-order valence-electron chi connectivity index (χ3n) is 6.54. The van der Waals surface area contributed by atoms with E-state index in [9.17, 15) is 9.59 Å². The molecule has 3 aromatic carbocycles. The van der Waals surface area contributed by atoms with Crippen LogP contribution in [0.15, 0.2) is 72.8 Å². The Morgan fingerprint density at radius 1 is 0.947 bits per heavy atom. The molecule has 0 fully saturated rings. The highest BCUT2D eigenvalue weighted by Crippen LogP contribution is 2.41. The van der Waals surface area contributed by atoms with Gasteiger partial charge in [-0.25, -0.2) is 4.79 Å². The van der Waals surface area contributed by atoms with Crippen LogP contribution in [0.5, 0.6) is 11.5 Å². The number of amides is 2. The van der Waals surface area contributed by atoms with Crippen LogP contribution in [-0.4, -0.2) is 49.3 Å². The van der Waals surface area contributed by atoms with Crippen LogP contribution in [0, 0.1) is 0 Å². The standard InChI is InChI=1S/C31H36N2O5/c1-31(2,3)38-30(35)32-25(18-21-12-8-6-9-13-21)29(34)33-17-16-23-19-26(36-4)27(37-5)20-24(23)28(33)22-14-10-7-11-15-22/h6-15,19-20,25,28H,16-18H2,1-5H3,(H,32,35)/t25-,28?/m0/s1. The third kappa shape index (κ3) is 6.28. The van der Waals surface area contributed by atoms with E-state index in [-0.39, 0.29) is 11.9 Å². The molecule has 0 aliphatic carbocycles. The van der Waals surface area contributed by atoms with Crippen molar-refractivity contribution in [1.29, 1.82) is 0 Å². The normalized spacial score (nSPS) is 15.7. The molecule has 0 aromatic heterocycles. The fraction of sp³-hybridized carbons (Fsp3) is 0.355. The monoisotopic (exact) mass is 516 g/mol. The average molecular weight is 517 g/mol. The highest BCUT2D eigenvalue weighted by atomic mass is 16.6. The van der Waals surface area contributed by atoms with Gasteiger partial charge in [0.25, 0.3) is 0 Å². The number of alkyl carbamates (subject to hydrolysis) is 1. The Hall–Kier alpha value is -4.00. The molecule has 1 unspecified atom stereocenters. The second-order valence-electron chi connectivity index (χ2n) is 10.4. The summed E-state index contributed by atoms with van der Waals surface area (Å²) in [4.78, 5) is 28.9. The van der Waals surface area contributed by atoms with E-state index in [1.54, 1.807) is 35.0 Å². The fourth-order valence-corrected chi connectivity index (χ4v) is 4.88. The van der Waals surface area contributed by atoms with E-state index in [2.05, 4.69) is 5.32 Å². The molecule has 7 nitrogen and oxygen atoms in total. The van der Waals surface area contributed by atoms with E-state index >= 15 is 0 Å². The largest absolute Gasteiger partial charge is 0.493 e. The zero-order valence-corrected chi connectivity index (χ0v) is 22.7. The second-order valence-corrected chi connectivity index (χ2v) is 10.4. The Kier molecular flexibility index (Phi) is 8.25. The van der Waals surface area contributed by atoms with Crippen LogP contribution in [0.25, 0.3) is 0 Å². The first kappa shape index (κ1) is 27.0. The van der Waals surface area contributed by atoms with Gasteiger partial charge in [-0.1, -0.05) is 60.7 Å². The van der Waals surface area contributed by atoms with Crippen LogP contribution in [-0.2, 0) is 22.4 Å². The van der Waals surface area contributed by atoms with E-state index < -0.39 is 17.7 Å². The summed E-state index contributed by atoms with van der Waals surface area (Å²) in [5.74, 6) is 1.09. The second kappa shape index (κ2) is 11.6. The summed E-state index contributed by atoms with van der Waals surface area (Å²) in [7, 11) is 3.22. The molecule has 1 aliphatic heterocycles. The van der Waals surface area contributed by atoms with Crippen molar-refractivity contribution in [2.45, 2.75) is 51.3 Å². The number of methoxy groups -OCH3 is 2. The van der Waals surface area contributed by atoms with Gasteiger partial charge in [-0.3, -0.25) is 4.79 Å². The van der Waals surface area contributed by atoms with E-state index in [0.717, 1.165) is 22.3 Å². The summed E-state index contributed by atoms with van der Waals surface area (Å²) in [6.07, 6.45) is 0.372. The average Bonchev–Trinajstić information content (AvgIpc) is 2.90. The molecule has 200 valence electrons. The molecule has 7 heteroatoms. The smallest absolute Gasteiger partial charge is 0.408 e. The molecule has 1 aliphatic rings. The van der Waals surface area contributed by atoms with Crippen LogP contribution in [0.3, 0.4) is 0 Å². The lowest BCUT2D eigenvalue weighted by Crippen LogP contribution is -2.53. The molecule has 0 saturated heterocycles. The van der Waals surface area contributed by atoms with E-state index in [0.29, 0.717) is 30.9 Å². The Balaban J connectivity index is 1.74. The van der Waals surface area contributed by atoms with Crippen LogP contribution < -0.4 is 14.8 Å². The molecular weight excluding hydrogens is 480 g/mol. The maximum Gasteiger partial charge on any atom is 0.408 e. The van der Waals surface area contributed by atoms with Gasteiger partial charge in [-0.05, 0) is 61.6 Å². The maximum absolute atomic E-state index is 14.3. The van der Waals surface area contributed by atoms with Crippen LogP contribution in [0.1, 0.15) is 49.1 Å². The maximum atomic E-state index is 14.3. The molecule has 38 heavy (non-hydrogen) atoms. The summed E-state index contributed by atoms with van der Waals surface area (Å²) in [6, 6.07) is 22.4. The van der Waals surface area contributed by atoms with Crippen LogP contribution >= 0.6 is 0 Å². The zero-order chi connectivity index (χ0) is 27.3. The van der Waals surface area contributed by atoms with E-state index in [1.807, 2.05) is 77.7 Å². The first-order chi connectivity index (χ1) is 18.2. The number of nitrogens with one attached hydrogen (secondary N) is 1. The molecule has 0 saturated carbocycles. The number of fused-ring (bicyclic) bond motifs is 1. The van der Waals surface area contributed by atoms with Gasteiger partial charge in [-0.2, -0.15) is 0 Å². The minimum Gasteiger partial charge on any atom is -0.493 e. The lowest BCUT2D eigenvalue weighted by Gasteiger charge is -2.40. The van der Waals surface area contributed by atoms with Gasteiger partial charge < -0.3 is 24.4 Å². The molecule has 0 radical (unpaired) electrons. The summed E-state index contributed by atoms with van der Waals surface area (Å²) in [6.45, 7) is 5.89. The first-order valence-corrected chi connectivity index (χ1v) is 12.8. The highest BCUT2D eigenvalue weighted by molar-refractivity contribution is 5.87. The third-order valence-corrected chi connectivity index (χ3v) is 6.54. The van der Waals surface area contributed by atoms with Crippen molar-refractivity contribution >= 4 is 12.0 Å². The summed E-state index contributed by atoms with van der Waals surface area (Å²) < 4.78 is 16.7. The predicted molar refractivity (Wildman–Crippen MR) is 147 cm³/mol. The molecule has 1 N–H and O–H groups in total. The molecule has 4 rings (SSSR count). The lowest BCUT2D eigenvalue weighted by atomic mass is 9.87. The van der Waals surface area contributed by atoms with Gasteiger partial charge in [0, 0.05) is 13.0 Å². The molecule has 3 aromatic rings. The molecule has 1 heterocycles. The molecular formula is C31H36N2O5. The Morgan fingerprint density at radius 2 is 1.55 bits per heavy atom. The van der Waals surface area contributed by atoms with Crippen LogP contribution in [0.2, 0.25) is 0 Å². The molecule has 0 bridgehead atoms. The molecule has 0 spiro atoms. The highest BCUT2D eigenvalue weighted by Gasteiger charge is 2.37. The van der Waals surface area contributed by atoms with Crippen molar-refractivity contribution < 1.29 is 23.8 Å². The number of carbonyl (C=O) groups excluding carboxylic acids is 2. The topological polar surface area (TPSA) is 77.1 Å².